The van der Waals surface area contributed by atoms with Crippen LogP contribution in [0.25, 0.3) is 0 Å². The molecule has 6 nitrogen and oxygen atoms in total. The van der Waals surface area contributed by atoms with E-state index < -0.39 is 0 Å². The van der Waals surface area contributed by atoms with Crippen molar-refractivity contribution < 1.29 is 19.0 Å². The zero-order valence-corrected chi connectivity index (χ0v) is 16.4. The van der Waals surface area contributed by atoms with Crippen molar-refractivity contribution in [1.29, 1.82) is 0 Å². The van der Waals surface area contributed by atoms with Gasteiger partial charge in [-0.05, 0) is 43.7 Å². The molecule has 1 aliphatic carbocycles. The number of hydrogen-bond donors (Lipinski definition) is 2. The van der Waals surface area contributed by atoms with Crippen molar-refractivity contribution in [3.8, 4) is 0 Å². The van der Waals surface area contributed by atoms with E-state index in [4.69, 9.17) is 4.74 Å². The Bertz CT molecular complexity index is 710. The molecule has 2 saturated heterocycles. The van der Waals surface area contributed by atoms with Crippen LogP contribution in [-0.4, -0.2) is 78.9 Å². The van der Waals surface area contributed by atoms with Crippen LogP contribution in [-0.2, 0) is 9.53 Å². The van der Waals surface area contributed by atoms with Gasteiger partial charge in [0.05, 0.1) is 25.9 Å². The summed E-state index contributed by atoms with van der Waals surface area (Å²) in [6.45, 7) is 6.95. The Kier molecular flexibility index (Phi) is 5.96. The summed E-state index contributed by atoms with van der Waals surface area (Å²) in [5.74, 6) is 0.529. The molecule has 1 saturated carbocycles. The Morgan fingerprint density at radius 3 is 2.71 bits per heavy atom. The van der Waals surface area contributed by atoms with E-state index in [0.717, 1.165) is 52.2 Å². The standard InChI is InChI=1S/C21H30FN3O3/c1-14-17(22)3-2-4-18(14)23-21(27)13-24-11-15-9-19(20(26)10-16(15)12-24)25-5-7-28-8-6-25/h2-4,15-16,19-20,26H,5-13H2,1H3,(H,23,27)/t15-,16+,19-,20-/m1/s1. The summed E-state index contributed by atoms with van der Waals surface area (Å²) in [5.41, 5.74) is 0.992. The fraction of sp³-hybridized carbons (Fsp3) is 0.667. The summed E-state index contributed by atoms with van der Waals surface area (Å²) < 4.78 is 19.1. The summed E-state index contributed by atoms with van der Waals surface area (Å²) in [6, 6.07) is 4.93. The average molecular weight is 391 g/mol. The Morgan fingerprint density at radius 1 is 1.25 bits per heavy atom. The number of fused-ring (bicyclic) bond motifs is 1. The molecule has 154 valence electrons. The van der Waals surface area contributed by atoms with Crippen molar-refractivity contribution in [2.45, 2.75) is 31.9 Å². The maximum Gasteiger partial charge on any atom is 0.238 e. The molecule has 3 fully saturated rings. The van der Waals surface area contributed by atoms with Crippen molar-refractivity contribution >= 4 is 11.6 Å². The predicted molar refractivity (Wildman–Crippen MR) is 105 cm³/mol. The van der Waals surface area contributed by atoms with E-state index in [0.29, 0.717) is 29.6 Å². The molecular formula is C21H30FN3O3. The number of benzene rings is 1. The zero-order chi connectivity index (χ0) is 19.7. The molecule has 4 rings (SSSR count). The molecule has 0 unspecified atom stereocenters. The minimum absolute atomic E-state index is 0.113. The van der Waals surface area contributed by atoms with Gasteiger partial charge in [-0.3, -0.25) is 14.6 Å². The molecule has 28 heavy (non-hydrogen) atoms. The number of ether oxygens (including phenoxy) is 1. The van der Waals surface area contributed by atoms with E-state index >= 15 is 0 Å². The van der Waals surface area contributed by atoms with Crippen molar-refractivity contribution in [1.82, 2.24) is 9.80 Å². The highest BCUT2D eigenvalue weighted by Crippen LogP contribution is 2.38. The lowest BCUT2D eigenvalue weighted by atomic mass is 9.77. The quantitative estimate of drug-likeness (QED) is 0.814. The second kappa shape index (κ2) is 8.45. The molecule has 0 radical (unpaired) electrons. The number of aliphatic hydroxyl groups is 1. The number of likely N-dealkylation sites (tertiary alicyclic amines) is 1. The van der Waals surface area contributed by atoms with Gasteiger partial charge < -0.3 is 15.2 Å². The molecule has 1 aromatic carbocycles. The highest BCUT2D eigenvalue weighted by atomic mass is 19.1. The monoisotopic (exact) mass is 391 g/mol. The molecule has 7 heteroatoms. The predicted octanol–water partition coefficient (Wildman–Crippen LogP) is 1.48. The van der Waals surface area contributed by atoms with Crippen LogP contribution < -0.4 is 5.32 Å². The van der Waals surface area contributed by atoms with Crippen LogP contribution >= 0.6 is 0 Å². The smallest absolute Gasteiger partial charge is 0.238 e. The van der Waals surface area contributed by atoms with Crippen LogP contribution in [0, 0.1) is 24.6 Å². The van der Waals surface area contributed by atoms with Crippen LogP contribution in [0.5, 0.6) is 0 Å². The summed E-state index contributed by atoms with van der Waals surface area (Å²) in [6.07, 6.45) is 1.48. The number of anilines is 1. The topological polar surface area (TPSA) is 65.0 Å². The zero-order valence-electron chi connectivity index (χ0n) is 16.4. The van der Waals surface area contributed by atoms with E-state index in [1.165, 1.54) is 6.07 Å². The first kappa shape index (κ1) is 19.8. The fourth-order valence-electron chi connectivity index (χ4n) is 5.07. The van der Waals surface area contributed by atoms with E-state index in [-0.39, 0.29) is 23.9 Å². The number of aliphatic hydroxyl groups excluding tert-OH is 1. The third-order valence-corrected chi connectivity index (χ3v) is 6.61. The maximum absolute atomic E-state index is 13.7. The molecule has 0 spiro atoms. The Hall–Kier alpha value is -1.54. The van der Waals surface area contributed by atoms with Gasteiger partial charge >= 0.3 is 0 Å². The number of nitrogens with zero attached hydrogens (tertiary/aromatic N) is 2. The number of rotatable bonds is 4. The minimum Gasteiger partial charge on any atom is -0.391 e. The average Bonchev–Trinajstić information content (AvgIpc) is 3.06. The Morgan fingerprint density at radius 2 is 1.96 bits per heavy atom. The summed E-state index contributed by atoms with van der Waals surface area (Å²) >= 11 is 0. The highest BCUT2D eigenvalue weighted by Gasteiger charge is 2.43. The lowest BCUT2D eigenvalue weighted by Crippen LogP contribution is -2.53. The molecule has 2 heterocycles. The van der Waals surface area contributed by atoms with Crippen LogP contribution in [0.2, 0.25) is 0 Å². The Balaban J connectivity index is 1.32. The number of amides is 1. The van der Waals surface area contributed by atoms with Crippen molar-refractivity contribution in [3.05, 3.63) is 29.6 Å². The molecule has 3 aliphatic rings. The summed E-state index contributed by atoms with van der Waals surface area (Å²) in [5, 5.41) is 13.5. The maximum atomic E-state index is 13.7. The number of carbonyl (C=O) groups excluding carboxylic acids is 1. The molecule has 4 atom stereocenters. The summed E-state index contributed by atoms with van der Waals surface area (Å²) in [7, 11) is 0. The number of hydrogen-bond acceptors (Lipinski definition) is 5. The molecule has 2 N–H and O–H groups in total. The van der Waals surface area contributed by atoms with Gasteiger partial charge in [-0.25, -0.2) is 4.39 Å². The van der Waals surface area contributed by atoms with E-state index in [2.05, 4.69) is 15.1 Å². The molecule has 1 aromatic rings. The first-order valence-corrected chi connectivity index (χ1v) is 10.3. The molecular weight excluding hydrogens is 361 g/mol. The third kappa shape index (κ3) is 4.22. The minimum atomic E-state index is -0.312. The first-order chi connectivity index (χ1) is 13.5. The van der Waals surface area contributed by atoms with Crippen LogP contribution in [0.15, 0.2) is 18.2 Å². The lowest BCUT2D eigenvalue weighted by Gasteiger charge is -2.43. The lowest BCUT2D eigenvalue weighted by molar-refractivity contribution is -0.117. The Labute approximate surface area is 165 Å². The van der Waals surface area contributed by atoms with Crippen molar-refractivity contribution in [2.24, 2.45) is 11.8 Å². The van der Waals surface area contributed by atoms with Gasteiger partial charge in [-0.1, -0.05) is 6.07 Å². The van der Waals surface area contributed by atoms with Gasteiger partial charge in [0.25, 0.3) is 0 Å². The first-order valence-electron chi connectivity index (χ1n) is 10.3. The van der Waals surface area contributed by atoms with Gasteiger partial charge in [0.15, 0.2) is 0 Å². The second-order valence-corrected chi connectivity index (χ2v) is 8.43. The normalized spacial score (nSPS) is 31.5. The van der Waals surface area contributed by atoms with Gasteiger partial charge in [0, 0.05) is 43.5 Å². The van der Waals surface area contributed by atoms with Gasteiger partial charge in [-0.2, -0.15) is 0 Å². The number of nitrogens with one attached hydrogen (secondary N) is 1. The molecule has 0 aromatic heterocycles. The molecule has 0 bridgehead atoms. The third-order valence-electron chi connectivity index (χ3n) is 6.61. The van der Waals surface area contributed by atoms with Gasteiger partial charge in [0.1, 0.15) is 5.82 Å². The summed E-state index contributed by atoms with van der Waals surface area (Å²) in [4.78, 5) is 17.0. The SMILES string of the molecule is Cc1c(F)cccc1NC(=O)CN1C[C@H]2C[C@@H](N3CCOCC3)[C@H](O)C[C@H]2C1. The van der Waals surface area contributed by atoms with E-state index in [9.17, 15) is 14.3 Å². The number of morpholine rings is 1. The highest BCUT2D eigenvalue weighted by molar-refractivity contribution is 5.93. The molecule has 1 amide bonds. The van der Waals surface area contributed by atoms with E-state index in [1.807, 2.05) is 0 Å². The van der Waals surface area contributed by atoms with Gasteiger partial charge in [-0.15, -0.1) is 0 Å². The largest absolute Gasteiger partial charge is 0.391 e. The van der Waals surface area contributed by atoms with Gasteiger partial charge in [0.2, 0.25) is 5.91 Å². The fourth-order valence-corrected chi connectivity index (χ4v) is 5.07. The van der Waals surface area contributed by atoms with Crippen molar-refractivity contribution in [2.75, 3.05) is 51.3 Å². The van der Waals surface area contributed by atoms with E-state index in [1.54, 1.807) is 19.1 Å². The number of carbonyl (C=O) groups is 1. The molecule has 2 aliphatic heterocycles. The van der Waals surface area contributed by atoms with Crippen LogP contribution in [0.4, 0.5) is 10.1 Å². The number of halogens is 1. The second-order valence-electron chi connectivity index (χ2n) is 8.43. The van der Waals surface area contributed by atoms with Crippen LogP contribution in [0.3, 0.4) is 0 Å². The van der Waals surface area contributed by atoms with Crippen molar-refractivity contribution in [3.63, 3.8) is 0 Å². The van der Waals surface area contributed by atoms with Crippen LogP contribution in [0.1, 0.15) is 18.4 Å².